The highest BCUT2D eigenvalue weighted by Crippen LogP contribution is 2.07. The molecule has 0 bridgehead atoms. The molecule has 6 heteroatoms. The third-order valence-electron chi connectivity index (χ3n) is 2.26. The van der Waals surface area contributed by atoms with E-state index >= 15 is 0 Å². The standard InChI is InChI=1S/C11H16N4OS/c1-13-9(16)7-15(2)6-8-4-3-5-14-10(8)11(12)17/h3-5H,6-7H2,1-2H3,(H2,12,17)(H,13,16). The minimum atomic E-state index is -0.0340. The molecule has 0 spiro atoms. The Balaban J connectivity index is 2.74. The number of pyridine rings is 1. The molecule has 0 saturated carbocycles. The van der Waals surface area contributed by atoms with Gasteiger partial charge in [0, 0.05) is 19.8 Å². The van der Waals surface area contributed by atoms with Gasteiger partial charge in [-0.3, -0.25) is 14.7 Å². The second kappa shape index (κ2) is 6.27. The Labute approximate surface area is 106 Å². The lowest BCUT2D eigenvalue weighted by atomic mass is 10.2. The van der Waals surface area contributed by atoms with Crippen LogP contribution in [0, 0.1) is 0 Å². The quantitative estimate of drug-likeness (QED) is 0.716. The summed E-state index contributed by atoms with van der Waals surface area (Å²) in [4.78, 5) is 17.5. The lowest BCUT2D eigenvalue weighted by Crippen LogP contribution is -2.33. The molecule has 0 saturated heterocycles. The van der Waals surface area contributed by atoms with Gasteiger partial charge in [0.25, 0.3) is 0 Å². The Morgan fingerprint density at radius 2 is 2.35 bits per heavy atom. The van der Waals surface area contributed by atoms with Gasteiger partial charge in [-0.2, -0.15) is 0 Å². The largest absolute Gasteiger partial charge is 0.388 e. The van der Waals surface area contributed by atoms with Crippen molar-refractivity contribution in [3.05, 3.63) is 29.6 Å². The van der Waals surface area contributed by atoms with Gasteiger partial charge in [-0.05, 0) is 18.7 Å². The van der Waals surface area contributed by atoms with E-state index in [1.54, 1.807) is 13.2 Å². The van der Waals surface area contributed by atoms with Crippen LogP contribution in [0.2, 0.25) is 0 Å². The lowest BCUT2D eigenvalue weighted by molar-refractivity contribution is -0.121. The number of carbonyl (C=O) groups excluding carboxylic acids is 1. The van der Waals surface area contributed by atoms with Crippen molar-refractivity contribution < 1.29 is 4.79 Å². The molecule has 1 aromatic rings. The van der Waals surface area contributed by atoms with Crippen LogP contribution in [0.5, 0.6) is 0 Å². The van der Waals surface area contributed by atoms with Crippen molar-refractivity contribution in [3.8, 4) is 0 Å². The number of carbonyl (C=O) groups is 1. The van der Waals surface area contributed by atoms with Crippen LogP contribution < -0.4 is 11.1 Å². The van der Waals surface area contributed by atoms with E-state index in [1.165, 1.54) is 0 Å². The molecule has 1 heterocycles. The highest BCUT2D eigenvalue weighted by atomic mass is 32.1. The van der Waals surface area contributed by atoms with Crippen molar-refractivity contribution in [2.24, 2.45) is 5.73 Å². The normalized spacial score (nSPS) is 10.3. The number of rotatable bonds is 5. The molecule has 0 aliphatic rings. The first-order valence-corrected chi connectivity index (χ1v) is 5.58. The average molecular weight is 252 g/mol. The Hall–Kier alpha value is -1.53. The molecule has 17 heavy (non-hydrogen) atoms. The van der Waals surface area contributed by atoms with Crippen molar-refractivity contribution in [3.63, 3.8) is 0 Å². The van der Waals surface area contributed by atoms with Gasteiger partial charge in [-0.25, -0.2) is 0 Å². The van der Waals surface area contributed by atoms with Crippen molar-refractivity contribution >= 4 is 23.1 Å². The van der Waals surface area contributed by atoms with Gasteiger partial charge in [0.1, 0.15) is 10.7 Å². The highest BCUT2D eigenvalue weighted by Gasteiger charge is 2.10. The smallest absolute Gasteiger partial charge is 0.233 e. The first-order valence-electron chi connectivity index (χ1n) is 5.17. The van der Waals surface area contributed by atoms with Crippen molar-refractivity contribution in [1.82, 2.24) is 15.2 Å². The number of amides is 1. The first-order chi connectivity index (χ1) is 8.04. The Morgan fingerprint density at radius 1 is 1.65 bits per heavy atom. The van der Waals surface area contributed by atoms with Gasteiger partial charge in [-0.15, -0.1) is 0 Å². The second-order valence-corrected chi connectivity index (χ2v) is 4.16. The SMILES string of the molecule is CNC(=O)CN(C)Cc1cccnc1C(N)=S. The summed E-state index contributed by atoms with van der Waals surface area (Å²) in [6.07, 6.45) is 1.65. The molecule has 0 unspecified atom stereocenters. The Kier molecular flexibility index (Phi) is 4.99. The zero-order valence-electron chi connectivity index (χ0n) is 9.93. The second-order valence-electron chi connectivity index (χ2n) is 3.72. The van der Waals surface area contributed by atoms with E-state index in [9.17, 15) is 4.79 Å². The van der Waals surface area contributed by atoms with Crippen LogP contribution in [0.3, 0.4) is 0 Å². The number of nitrogens with one attached hydrogen (secondary N) is 1. The van der Waals surface area contributed by atoms with Crippen LogP contribution in [0.1, 0.15) is 11.3 Å². The molecule has 1 amide bonds. The molecule has 1 rings (SSSR count). The lowest BCUT2D eigenvalue weighted by Gasteiger charge is -2.16. The molecule has 0 radical (unpaired) electrons. The Morgan fingerprint density at radius 3 is 2.94 bits per heavy atom. The number of thiocarbonyl (C=S) groups is 1. The van der Waals surface area contributed by atoms with Gasteiger partial charge in [0.05, 0.1) is 6.54 Å². The minimum Gasteiger partial charge on any atom is -0.388 e. The van der Waals surface area contributed by atoms with E-state index < -0.39 is 0 Å². The first kappa shape index (κ1) is 13.5. The number of hydrogen-bond acceptors (Lipinski definition) is 4. The zero-order valence-corrected chi connectivity index (χ0v) is 10.8. The van der Waals surface area contributed by atoms with Crippen LogP contribution >= 0.6 is 12.2 Å². The third-order valence-corrected chi connectivity index (χ3v) is 2.45. The van der Waals surface area contributed by atoms with E-state index in [1.807, 2.05) is 24.1 Å². The Bertz CT molecular complexity index is 422. The summed E-state index contributed by atoms with van der Waals surface area (Å²) in [5.74, 6) is -0.0340. The summed E-state index contributed by atoms with van der Waals surface area (Å²) in [5.41, 5.74) is 7.13. The third kappa shape index (κ3) is 4.08. The fraction of sp³-hybridized carbons (Fsp3) is 0.364. The van der Waals surface area contributed by atoms with Crippen LogP contribution in [-0.4, -0.2) is 41.4 Å². The fourth-order valence-corrected chi connectivity index (χ4v) is 1.64. The summed E-state index contributed by atoms with van der Waals surface area (Å²) in [6, 6.07) is 3.73. The number of likely N-dealkylation sites (N-methyl/N-ethyl adjacent to an activating group) is 2. The van der Waals surface area contributed by atoms with Gasteiger partial charge >= 0.3 is 0 Å². The van der Waals surface area contributed by atoms with Gasteiger partial charge in [0.2, 0.25) is 5.91 Å². The fourth-order valence-electron chi connectivity index (χ4n) is 1.46. The summed E-state index contributed by atoms with van der Waals surface area (Å²) in [6.45, 7) is 0.899. The van der Waals surface area contributed by atoms with Gasteiger partial charge in [-0.1, -0.05) is 18.3 Å². The van der Waals surface area contributed by atoms with E-state index in [0.717, 1.165) is 5.56 Å². The molecule has 0 atom stereocenters. The van der Waals surface area contributed by atoms with Crippen molar-refractivity contribution in [2.75, 3.05) is 20.6 Å². The molecule has 1 aromatic heterocycles. The van der Waals surface area contributed by atoms with Crippen LogP contribution in [0.4, 0.5) is 0 Å². The monoisotopic (exact) mass is 252 g/mol. The summed E-state index contributed by atoms with van der Waals surface area (Å²) < 4.78 is 0. The molecular formula is C11H16N4OS. The van der Waals surface area contributed by atoms with E-state index in [-0.39, 0.29) is 10.9 Å². The van der Waals surface area contributed by atoms with Crippen molar-refractivity contribution in [1.29, 1.82) is 0 Å². The molecule has 0 aromatic carbocycles. The molecular weight excluding hydrogens is 236 g/mol. The van der Waals surface area contributed by atoms with E-state index in [4.69, 9.17) is 18.0 Å². The number of aromatic nitrogens is 1. The van der Waals surface area contributed by atoms with Crippen LogP contribution in [0.25, 0.3) is 0 Å². The highest BCUT2D eigenvalue weighted by molar-refractivity contribution is 7.80. The summed E-state index contributed by atoms with van der Waals surface area (Å²) in [7, 11) is 3.46. The zero-order chi connectivity index (χ0) is 12.8. The average Bonchev–Trinajstić information content (AvgIpc) is 2.29. The maximum absolute atomic E-state index is 11.2. The molecule has 92 valence electrons. The maximum Gasteiger partial charge on any atom is 0.233 e. The number of nitrogens with zero attached hydrogens (tertiary/aromatic N) is 2. The van der Waals surface area contributed by atoms with E-state index in [2.05, 4.69) is 10.3 Å². The molecule has 0 aliphatic heterocycles. The van der Waals surface area contributed by atoms with Crippen LogP contribution in [-0.2, 0) is 11.3 Å². The van der Waals surface area contributed by atoms with E-state index in [0.29, 0.717) is 18.8 Å². The summed E-state index contributed by atoms with van der Waals surface area (Å²) in [5, 5.41) is 2.57. The van der Waals surface area contributed by atoms with Crippen LogP contribution in [0.15, 0.2) is 18.3 Å². The molecule has 3 N–H and O–H groups in total. The maximum atomic E-state index is 11.2. The molecule has 0 fully saturated rings. The predicted octanol–water partition coefficient (Wildman–Crippen LogP) is -0.106. The van der Waals surface area contributed by atoms with Gasteiger partial charge in [0.15, 0.2) is 0 Å². The number of hydrogen-bond donors (Lipinski definition) is 2. The topological polar surface area (TPSA) is 71.2 Å². The minimum absolute atomic E-state index is 0.0340. The van der Waals surface area contributed by atoms with Gasteiger partial charge < -0.3 is 11.1 Å². The molecule has 5 nitrogen and oxygen atoms in total. The van der Waals surface area contributed by atoms with Crippen molar-refractivity contribution in [2.45, 2.75) is 6.54 Å². The predicted molar refractivity (Wildman–Crippen MR) is 70.5 cm³/mol. The number of nitrogens with two attached hydrogens (primary N) is 1. The summed E-state index contributed by atoms with van der Waals surface area (Å²) >= 11 is 4.93. The molecule has 0 aliphatic carbocycles.